The van der Waals surface area contributed by atoms with E-state index in [0.717, 1.165) is 12.8 Å². The van der Waals surface area contributed by atoms with Gasteiger partial charge in [0.1, 0.15) is 11.2 Å². The number of ether oxygens (including phenoxy) is 2. The molecule has 4 nitrogen and oxygen atoms in total. The maximum atomic E-state index is 11.9. The van der Waals surface area contributed by atoms with E-state index in [1.54, 1.807) is 0 Å². The summed E-state index contributed by atoms with van der Waals surface area (Å²) in [5.41, 5.74) is -1.08. The van der Waals surface area contributed by atoms with Crippen LogP contribution in [0.5, 0.6) is 0 Å². The molecular weight excluding hydrogens is 268 g/mol. The summed E-state index contributed by atoms with van der Waals surface area (Å²) in [7, 11) is 0. The fourth-order valence-electron chi connectivity index (χ4n) is 1.81. The third-order valence-electron chi connectivity index (χ3n) is 3.57. The van der Waals surface area contributed by atoms with Gasteiger partial charge < -0.3 is 9.47 Å². The Morgan fingerprint density at radius 2 is 1.43 bits per heavy atom. The van der Waals surface area contributed by atoms with Gasteiger partial charge in [-0.15, -0.1) is 0 Å². The summed E-state index contributed by atoms with van der Waals surface area (Å²) in [6, 6.07) is 0. The molecule has 0 spiro atoms. The molecule has 124 valence electrons. The third kappa shape index (κ3) is 8.74. The van der Waals surface area contributed by atoms with Crippen LogP contribution in [0.25, 0.3) is 0 Å². The molecule has 0 aliphatic rings. The fraction of sp³-hybridized carbons (Fsp3) is 0.882. The van der Waals surface area contributed by atoms with Crippen molar-refractivity contribution in [2.24, 2.45) is 5.92 Å². The highest BCUT2D eigenvalue weighted by Gasteiger charge is 2.30. The van der Waals surface area contributed by atoms with Crippen LogP contribution >= 0.6 is 0 Å². The standard InChI is InChI=1S/C17H32O4/c1-8-10-14(18)20-16(4,5)11-12-17(6,7)21-15(19)13(3)9-2/h13H,8-12H2,1-7H3. The lowest BCUT2D eigenvalue weighted by Crippen LogP contribution is -2.35. The number of hydrogen-bond acceptors (Lipinski definition) is 4. The summed E-state index contributed by atoms with van der Waals surface area (Å²) < 4.78 is 11.0. The van der Waals surface area contributed by atoms with Crippen molar-refractivity contribution in [3.8, 4) is 0 Å². The Labute approximate surface area is 129 Å². The lowest BCUT2D eigenvalue weighted by atomic mass is 9.93. The van der Waals surface area contributed by atoms with Crippen molar-refractivity contribution in [1.82, 2.24) is 0 Å². The van der Waals surface area contributed by atoms with E-state index in [9.17, 15) is 9.59 Å². The Hall–Kier alpha value is -1.06. The number of carbonyl (C=O) groups is 2. The van der Waals surface area contributed by atoms with E-state index < -0.39 is 11.2 Å². The Bertz CT molecular complexity index is 345. The smallest absolute Gasteiger partial charge is 0.309 e. The SMILES string of the molecule is CCCC(=O)OC(C)(C)CCC(C)(C)OC(=O)C(C)CC. The van der Waals surface area contributed by atoms with Crippen molar-refractivity contribution in [1.29, 1.82) is 0 Å². The highest BCUT2D eigenvalue weighted by molar-refractivity contribution is 5.72. The first-order chi connectivity index (χ1) is 9.53. The van der Waals surface area contributed by atoms with Crippen LogP contribution in [0.2, 0.25) is 0 Å². The van der Waals surface area contributed by atoms with E-state index in [-0.39, 0.29) is 17.9 Å². The van der Waals surface area contributed by atoms with E-state index in [1.807, 2.05) is 48.5 Å². The minimum Gasteiger partial charge on any atom is -0.460 e. The van der Waals surface area contributed by atoms with Gasteiger partial charge in [0.2, 0.25) is 0 Å². The van der Waals surface area contributed by atoms with E-state index >= 15 is 0 Å². The summed E-state index contributed by atoms with van der Waals surface area (Å²) in [5, 5.41) is 0. The molecule has 1 atom stereocenters. The van der Waals surface area contributed by atoms with Gasteiger partial charge in [-0.3, -0.25) is 9.59 Å². The topological polar surface area (TPSA) is 52.6 Å². The number of esters is 2. The first kappa shape index (κ1) is 19.9. The molecule has 0 bridgehead atoms. The van der Waals surface area contributed by atoms with Crippen LogP contribution in [-0.2, 0) is 19.1 Å². The summed E-state index contributed by atoms with van der Waals surface area (Å²) in [6.07, 6.45) is 3.31. The van der Waals surface area contributed by atoms with E-state index in [1.165, 1.54) is 0 Å². The lowest BCUT2D eigenvalue weighted by molar-refractivity contribution is -0.166. The zero-order valence-corrected chi connectivity index (χ0v) is 14.7. The van der Waals surface area contributed by atoms with Gasteiger partial charge in [-0.1, -0.05) is 20.8 Å². The van der Waals surface area contributed by atoms with Crippen molar-refractivity contribution in [3.05, 3.63) is 0 Å². The molecule has 0 aromatic heterocycles. The molecular formula is C17H32O4. The predicted molar refractivity (Wildman–Crippen MR) is 83.9 cm³/mol. The molecule has 4 heteroatoms. The zero-order valence-electron chi connectivity index (χ0n) is 14.7. The van der Waals surface area contributed by atoms with Crippen LogP contribution in [0, 0.1) is 5.92 Å². The van der Waals surface area contributed by atoms with Crippen LogP contribution < -0.4 is 0 Å². The van der Waals surface area contributed by atoms with Crippen molar-refractivity contribution >= 4 is 11.9 Å². The maximum Gasteiger partial charge on any atom is 0.309 e. The Morgan fingerprint density at radius 3 is 1.86 bits per heavy atom. The summed E-state index contributed by atoms with van der Waals surface area (Å²) in [5.74, 6) is -0.417. The monoisotopic (exact) mass is 300 g/mol. The van der Waals surface area contributed by atoms with Crippen LogP contribution in [0.3, 0.4) is 0 Å². The Morgan fingerprint density at radius 1 is 0.952 bits per heavy atom. The van der Waals surface area contributed by atoms with Crippen molar-refractivity contribution in [3.63, 3.8) is 0 Å². The molecule has 0 amide bonds. The van der Waals surface area contributed by atoms with Gasteiger partial charge >= 0.3 is 11.9 Å². The molecule has 0 radical (unpaired) electrons. The summed E-state index contributed by atoms with van der Waals surface area (Å²) in [4.78, 5) is 23.5. The average Bonchev–Trinajstić information content (AvgIpc) is 2.35. The van der Waals surface area contributed by atoms with Crippen molar-refractivity contribution < 1.29 is 19.1 Å². The maximum absolute atomic E-state index is 11.9. The van der Waals surface area contributed by atoms with Gasteiger partial charge in [0.25, 0.3) is 0 Å². The minimum atomic E-state index is -0.547. The molecule has 0 rings (SSSR count). The molecule has 0 aromatic rings. The van der Waals surface area contributed by atoms with Gasteiger partial charge in [0.15, 0.2) is 0 Å². The molecule has 0 aliphatic carbocycles. The lowest BCUT2D eigenvalue weighted by Gasteiger charge is -2.31. The fourth-order valence-corrected chi connectivity index (χ4v) is 1.81. The second kappa shape index (κ2) is 8.40. The van der Waals surface area contributed by atoms with Crippen LogP contribution in [0.15, 0.2) is 0 Å². The largest absolute Gasteiger partial charge is 0.460 e. The quantitative estimate of drug-likeness (QED) is 0.597. The summed E-state index contributed by atoms with van der Waals surface area (Å²) in [6.45, 7) is 13.4. The molecule has 0 saturated heterocycles. The first-order valence-corrected chi connectivity index (χ1v) is 7.97. The van der Waals surface area contributed by atoms with Gasteiger partial charge in [-0.05, 0) is 53.4 Å². The van der Waals surface area contributed by atoms with Gasteiger partial charge in [-0.25, -0.2) is 0 Å². The molecule has 0 heterocycles. The minimum absolute atomic E-state index is 0.0836. The van der Waals surface area contributed by atoms with Crippen LogP contribution in [0.1, 0.15) is 80.6 Å². The number of carbonyl (C=O) groups excluding carboxylic acids is 2. The van der Waals surface area contributed by atoms with Gasteiger partial charge in [0, 0.05) is 6.42 Å². The van der Waals surface area contributed by atoms with E-state index in [0.29, 0.717) is 19.3 Å². The van der Waals surface area contributed by atoms with Gasteiger partial charge in [-0.2, -0.15) is 0 Å². The predicted octanol–water partition coefficient (Wildman–Crippen LogP) is 4.26. The normalized spacial score (nSPS) is 13.7. The zero-order chi connectivity index (χ0) is 16.7. The first-order valence-electron chi connectivity index (χ1n) is 7.97. The summed E-state index contributed by atoms with van der Waals surface area (Å²) >= 11 is 0. The number of rotatable bonds is 9. The Kier molecular flexibility index (Phi) is 7.98. The second-order valence-corrected chi connectivity index (χ2v) is 6.97. The highest BCUT2D eigenvalue weighted by Crippen LogP contribution is 2.26. The van der Waals surface area contributed by atoms with E-state index in [4.69, 9.17) is 9.47 Å². The van der Waals surface area contributed by atoms with Crippen molar-refractivity contribution in [2.75, 3.05) is 0 Å². The van der Waals surface area contributed by atoms with Gasteiger partial charge in [0.05, 0.1) is 5.92 Å². The average molecular weight is 300 g/mol. The molecule has 0 N–H and O–H groups in total. The molecule has 0 saturated carbocycles. The highest BCUT2D eigenvalue weighted by atomic mass is 16.6. The Balaban J connectivity index is 4.40. The molecule has 21 heavy (non-hydrogen) atoms. The third-order valence-corrected chi connectivity index (χ3v) is 3.57. The molecule has 0 aromatic carbocycles. The number of hydrogen-bond donors (Lipinski definition) is 0. The van der Waals surface area contributed by atoms with Crippen LogP contribution in [0.4, 0.5) is 0 Å². The second-order valence-electron chi connectivity index (χ2n) is 6.97. The molecule has 1 unspecified atom stereocenters. The van der Waals surface area contributed by atoms with E-state index in [2.05, 4.69) is 0 Å². The molecule has 0 fully saturated rings. The van der Waals surface area contributed by atoms with Crippen molar-refractivity contribution in [2.45, 2.75) is 91.8 Å². The molecule has 0 aliphatic heterocycles. The van der Waals surface area contributed by atoms with Crippen LogP contribution in [-0.4, -0.2) is 23.1 Å².